The van der Waals surface area contributed by atoms with E-state index in [1.165, 1.54) is 6.07 Å². The highest BCUT2D eigenvalue weighted by Crippen LogP contribution is 2.35. The number of thiazole rings is 1. The normalized spacial score (nSPS) is 28.3. The largest absolute Gasteiger partial charge is 0.573 e. The predicted molar refractivity (Wildman–Crippen MR) is 84.9 cm³/mol. The molecule has 1 aliphatic rings. The van der Waals surface area contributed by atoms with E-state index in [1.807, 2.05) is 0 Å². The first-order chi connectivity index (χ1) is 13.0. The van der Waals surface area contributed by atoms with Crippen LogP contribution in [0.15, 0.2) is 18.2 Å². The zero-order chi connectivity index (χ0) is 20.8. The number of ether oxygens (including phenoxy) is 2. The Morgan fingerprint density at radius 2 is 1.89 bits per heavy atom. The van der Waals surface area contributed by atoms with Crippen molar-refractivity contribution in [1.82, 2.24) is 4.98 Å². The molecule has 0 amide bonds. The number of fused-ring (bicyclic) bond motifs is 1. The van der Waals surface area contributed by atoms with Gasteiger partial charge in [0, 0.05) is 6.07 Å². The van der Waals surface area contributed by atoms with Gasteiger partial charge < -0.3 is 29.9 Å². The Bertz CT molecular complexity index is 878. The fourth-order valence-corrected chi connectivity index (χ4v) is 3.50. The minimum Gasteiger partial charge on any atom is -0.479 e. The summed E-state index contributed by atoms with van der Waals surface area (Å²) in [5.41, 5.74) is 0.175. The summed E-state index contributed by atoms with van der Waals surface area (Å²) < 4.78 is 45.9. The number of carboxylic acids is 1. The zero-order valence-corrected chi connectivity index (χ0v) is 14.3. The Balaban J connectivity index is 1.87. The first-order valence-electron chi connectivity index (χ1n) is 7.55. The Labute approximate surface area is 157 Å². The van der Waals surface area contributed by atoms with E-state index in [-0.39, 0.29) is 20.4 Å². The van der Waals surface area contributed by atoms with E-state index >= 15 is 0 Å². The number of halogens is 3. The van der Waals surface area contributed by atoms with Crippen molar-refractivity contribution >= 4 is 32.7 Å². The molecule has 5 atom stereocenters. The third-order valence-corrected chi connectivity index (χ3v) is 4.86. The highest BCUT2D eigenvalue weighted by Gasteiger charge is 2.49. The lowest BCUT2D eigenvalue weighted by Gasteiger charge is -2.41. The number of aromatic nitrogens is 1. The topological polar surface area (TPSA) is 153 Å². The molecule has 2 unspecified atom stereocenters. The predicted octanol–water partition coefficient (Wildman–Crippen LogP) is 0.283. The van der Waals surface area contributed by atoms with Gasteiger partial charge in [-0.05, 0) is 12.1 Å². The van der Waals surface area contributed by atoms with Gasteiger partial charge >= 0.3 is 12.3 Å². The lowest BCUT2D eigenvalue weighted by molar-refractivity contribution is -0.274. The van der Waals surface area contributed by atoms with Crippen LogP contribution in [0.1, 0.15) is 0 Å². The van der Waals surface area contributed by atoms with Crippen LogP contribution in [0.2, 0.25) is 0 Å². The van der Waals surface area contributed by atoms with Gasteiger partial charge in [0.05, 0.1) is 10.2 Å². The maximum absolute atomic E-state index is 12.3. The molecule has 154 valence electrons. The molecule has 1 saturated heterocycles. The van der Waals surface area contributed by atoms with Crippen molar-refractivity contribution in [3.63, 3.8) is 0 Å². The van der Waals surface area contributed by atoms with Crippen molar-refractivity contribution in [2.24, 2.45) is 0 Å². The molecule has 2 heterocycles. The summed E-state index contributed by atoms with van der Waals surface area (Å²) in [5, 5.41) is 48.7. The van der Waals surface area contributed by atoms with Gasteiger partial charge in [-0.15, -0.1) is 13.2 Å². The van der Waals surface area contributed by atoms with E-state index in [0.29, 0.717) is 11.3 Å². The number of hydrogen-bond acceptors (Lipinski definition) is 10. The summed E-state index contributed by atoms with van der Waals surface area (Å²) in [7, 11) is 0. The number of aliphatic carboxylic acids is 1. The number of benzene rings is 1. The Morgan fingerprint density at radius 1 is 1.21 bits per heavy atom. The van der Waals surface area contributed by atoms with Crippen LogP contribution in [0.25, 0.3) is 10.2 Å². The highest BCUT2D eigenvalue weighted by molar-refractivity contribution is 7.22. The van der Waals surface area contributed by atoms with E-state index in [0.717, 1.165) is 12.1 Å². The smallest absolute Gasteiger partial charge is 0.479 e. The monoisotopic (exact) mass is 426 g/mol. The van der Waals surface area contributed by atoms with Crippen LogP contribution in [0.5, 0.6) is 5.75 Å². The molecular formula is C14H13F3N2O8S. The zero-order valence-electron chi connectivity index (χ0n) is 13.5. The molecular weight excluding hydrogens is 413 g/mol. The van der Waals surface area contributed by atoms with Gasteiger partial charge in [0.15, 0.2) is 12.3 Å². The molecule has 0 radical (unpaired) electrons. The van der Waals surface area contributed by atoms with Crippen LogP contribution in [-0.4, -0.2) is 73.6 Å². The number of anilines is 1. The number of carbonyl (C=O) groups is 1. The fourth-order valence-electron chi connectivity index (χ4n) is 2.56. The van der Waals surface area contributed by atoms with E-state index in [9.17, 15) is 38.5 Å². The number of aliphatic hydroxyl groups excluding tert-OH is 3. The number of alkyl halides is 3. The second-order valence-electron chi connectivity index (χ2n) is 5.78. The van der Waals surface area contributed by atoms with Crippen molar-refractivity contribution in [3.8, 4) is 5.75 Å². The SMILES string of the molecule is O=C(O)C1O[C@@H](N(O)c2nc3ccc(OC(F)(F)F)cc3s2)C(O)[C@@H](O)[C@@H]1O. The summed E-state index contributed by atoms with van der Waals surface area (Å²) in [6.07, 6.45) is -14.5. The van der Waals surface area contributed by atoms with Crippen LogP contribution >= 0.6 is 11.3 Å². The molecule has 1 aromatic carbocycles. The van der Waals surface area contributed by atoms with Crippen molar-refractivity contribution < 1.29 is 53.1 Å². The fraction of sp³-hybridized carbons (Fsp3) is 0.429. The average molecular weight is 426 g/mol. The molecule has 1 fully saturated rings. The molecule has 1 aliphatic heterocycles. The van der Waals surface area contributed by atoms with Crippen molar-refractivity contribution in [3.05, 3.63) is 18.2 Å². The van der Waals surface area contributed by atoms with Crippen LogP contribution in [-0.2, 0) is 9.53 Å². The highest BCUT2D eigenvalue weighted by atomic mass is 32.1. The molecule has 3 rings (SSSR count). The first kappa shape index (κ1) is 20.5. The maximum atomic E-state index is 12.3. The summed E-state index contributed by atoms with van der Waals surface area (Å²) in [6, 6.07) is 3.23. The van der Waals surface area contributed by atoms with Gasteiger partial charge in [0.25, 0.3) is 0 Å². The molecule has 14 heteroatoms. The molecule has 2 aromatic rings. The Hall–Kier alpha value is -2.23. The van der Waals surface area contributed by atoms with Gasteiger partial charge in [0.2, 0.25) is 5.13 Å². The summed E-state index contributed by atoms with van der Waals surface area (Å²) in [5.74, 6) is -2.16. The molecule has 28 heavy (non-hydrogen) atoms. The maximum Gasteiger partial charge on any atom is 0.573 e. The van der Waals surface area contributed by atoms with Crippen LogP contribution in [0.3, 0.4) is 0 Å². The molecule has 5 N–H and O–H groups in total. The van der Waals surface area contributed by atoms with Gasteiger partial charge in [-0.25, -0.2) is 9.78 Å². The number of hydroxylamine groups is 1. The van der Waals surface area contributed by atoms with E-state index < -0.39 is 48.7 Å². The minimum atomic E-state index is -4.90. The number of carboxylic acid groups (broad SMARTS) is 1. The molecule has 0 spiro atoms. The summed E-state index contributed by atoms with van der Waals surface area (Å²) in [6.45, 7) is 0. The molecule has 1 aromatic heterocycles. The second-order valence-corrected chi connectivity index (χ2v) is 6.78. The van der Waals surface area contributed by atoms with Gasteiger partial charge in [-0.1, -0.05) is 11.3 Å². The number of aliphatic hydroxyl groups is 3. The van der Waals surface area contributed by atoms with Crippen molar-refractivity contribution in [1.29, 1.82) is 0 Å². The average Bonchev–Trinajstić information content (AvgIpc) is 3.01. The van der Waals surface area contributed by atoms with Crippen molar-refractivity contribution in [2.45, 2.75) is 37.0 Å². The lowest BCUT2D eigenvalue weighted by atomic mass is 9.98. The number of hydrogen-bond donors (Lipinski definition) is 5. The third kappa shape index (κ3) is 3.96. The molecule has 0 saturated carbocycles. The van der Waals surface area contributed by atoms with Gasteiger partial charge in [-0.3, -0.25) is 5.21 Å². The second kappa shape index (κ2) is 7.31. The van der Waals surface area contributed by atoms with Gasteiger partial charge in [-0.2, -0.15) is 5.06 Å². The van der Waals surface area contributed by atoms with Crippen LogP contribution in [0, 0.1) is 0 Å². The first-order valence-corrected chi connectivity index (χ1v) is 8.36. The Kier molecular flexibility index (Phi) is 5.35. The molecule has 0 bridgehead atoms. The Morgan fingerprint density at radius 3 is 2.50 bits per heavy atom. The third-order valence-electron chi connectivity index (χ3n) is 3.85. The van der Waals surface area contributed by atoms with E-state index in [2.05, 4.69) is 9.72 Å². The van der Waals surface area contributed by atoms with E-state index in [1.54, 1.807) is 0 Å². The van der Waals surface area contributed by atoms with Crippen LogP contribution < -0.4 is 9.80 Å². The van der Waals surface area contributed by atoms with Crippen LogP contribution in [0.4, 0.5) is 18.3 Å². The molecule has 0 aliphatic carbocycles. The quantitative estimate of drug-likeness (QED) is 0.431. The van der Waals surface area contributed by atoms with E-state index in [4.69, 9.17) is 9.84 Å². The number of nitrogens with zero attached hydrogens (tertiary/aromatic N) is 2. The summed E-state index contributed by atoms with van der Waals surface area (Å²) >= 11 is 0.688. The minimum absolute atomic E-state index is 0.175. The molecule has 10 nitrogen and oxygen atoms in total. The van der Waals surface area contributed by atoms with Gasteiger partial charge in [0.1, 0.15) is 24.1 Å². The van der Waals surface area contributed by atoms with Crippen molar-refractivity contribution in [2.75, 3.05) is 5.06 Å². The summed E-state index contributed by atoms with van der Waals surface area (Å²) in [4.78, 5) is 15.1. The number of rotatable bonds is 4. The standard InChI is InChI=1S/C14H13F3N2O8S/c15-14(16,17)27-4-1-2-5-6(3-4)28-13(18-5)19(25)11-9(22)7(20)8(21)10(26-11)12(23)24/h1-3,7-11,20-22,25H,(H,23,24)/t7-,8-,9?,10?,11+/m0/s1. The lowest BCUT2D eigenvalue weighted by Crippen LogP contribution is -2.63.